The Bertz CT molecular complexity index is 784. The molecule has 0 saturated carbocycles. The molecule has 0 bridgehead atoms. The Kier molecular flexibility index (Phi) is 2.70. The van der Waals surface area contributed by atoms with Gasteiger partial charge < -0.3 is 4.42 Å². The Morgan fingerprint density at radius 3 is 2.90 bits per heavy atom. The quantitative estimate of drug-likeness (QED) is 0.861. The Labute approximate surface area is 121 Å². The summed E-state index contributed by atoms with van der Waals surface area (Å²) < 4.78 is 5.19. The van der Waals surface area contributed by atoms with Gasteiger partial charge in [0.2, 0.25) is 0 Å². The van der Waals surface area contributed by atoms with Crippen molar-refractivity contribution >= 4 is 22.6 Å². The van der Waals surface area contributed by atoms with Crippen LogP contribution < -0.4 is 5.32 Å². The molecule has 21 heavy (non-hydrogen) atoms. The van der Waals surface area contributed by atoms with E-state index in [4.69, 9.17) is 4.42 Å². The summed E-state index contributed by atoms with van der Waals surface area (Å²) in [7, 11) is 0. The maximum atomic E-state index is 12.0. The Hall–Kier alpha value is -2.36. The monoisotopic (exact) mass is 281 g/mol. The minimum Gasteiger partial charge on any atom is -0.471 e. The minimum absolute atomic E-state index is 0.143. The lowest BCUT2D eigenvalue weighted by molar-refractivity contribution is -0.124. The van der Waals surface area contributed by atoms with Crippen LogP contribution in [-0.4, -0.2) is 11.8 Å². The molecule has 106 valence electrons. The summed E-state index contributed by atoms with van der Waals surface area (Å²) in [5.41, 5.74) is 2.61. The van der Waals surface area contributed by atoms with E-state index in [-0.39, 0.29) is 17.7 Å². The van der Waals surface area contributed by atoms with Crippen molar-refractivity contribution in [3.63, 3.8) is 0 Å². The lowest BCUT2D eigenvalue weighted by Gasteiger charge is -2.22. The molecule has 2 amide bonds. The smallest absolute Gasteiger partial charge is 0.254 e. The van der Waals surface area contributed by atoms with E-state index in [0.717, 1.165) is 42.0 Å². The lowest BCUT2D eigenvalue weighted by atomic mass is 9.80. The molecule has 1 aromatic carbocycles. The topological polar surface area (TPSA) is 59.3 Å². The van der Waals surface area contributed by atoms with Crippen molar-refractivity contribution in [2.75, 3.05) is 0 Å². The summed E-state index contributed by atoms with van der Waals surface area (Å²) in [5.74, 6) is -0.237. The number of nitrogens with one attached hydrogen (secondary N) is 1. The zero-order valence-corrected chi connectivity index (χ0v) is 11.5. The highest BCUT2D eigenvalue weighted by Gasteiger charge is 2.37. The highest BCUT2D eigenvalue weighted by atomic mass is 16.3. The number of imide groups is 1. The van der Waals surface area contributed by atoms with E-state index in [9.17, 15) is 9.59 Å². The first-order valence-corrected chi connectivity index (χ1v) is 7.26. The van der Waals surface area contributed by atoms with Gasteiger partial charge in [0, 0.05) is 21.9 Å². The van der Waals surface area contributed by atoms with Gasteiger partial charge in [-0.05, 0) is 43.2 Å². The van der Waals surface area contributed by atoms with Gasteiger partial charge in [-0.1, -0.05) is 12.1 Å². The van der Waals surface area contributed by atoms with Crippen molar-refractivity contribution < 1.29 is 14.0 Å². The van der Waals surface area contributed by atoms with Crippen LogP contribution in [0.2, 0.25) is 0 Å². The fourth-order valence-electron chi connectivity index (χ4n) is 3.48. The standard InChI is InChI=1S/C17H15NO3/c19-16-14-3-1-2-11(15(14)17(20)18-16)6-10-4-5-12-8-21-9-13(12)7-10/h4-5,7-9,11H,1-3,6H2,(H,18,19,20). The molecule has 4 rings (SSSR count). The Balaban J connectivity index is 1.67. The third-order valence-corrected chi connectivity index (χ3v) is 4.48. The van der Waals surface area contributed by atoms with Gasteiger partial charge >= 0.3 is 0 Å². The van der Waals surface area contributed by atoms with Crippen LogP contribution in [0.4, 0.5) is 0 Å². The Morgan fingerprint density at radius 1 is 1.14 bits per heavy atom. The summed E-state index contributed by atoms with van der Waals surface area (Å²) in [6.45, 7) is 0. The van der Waals surface area contributed by atoms with Crippen molar-refractivity contribution in [2.24, 2.45) is 5.92 Å². The third kappa shape index (κ3) is 1.98. The summed E-state index contributed by atoms with van der Waals surface area (Å²) in [4.78, 5) is 23.7. The van der Waals surface area contributed by atoms with Crippen LogP contribution >= 0.6 is 0 Å². The fourth-order valence-corrected chi connectivity index (χ4v) is 3.48. The number of fused-ring (bicyclic) bond motifs is 1. The maximum absolute atomic E-state index is 12.0. The first-order valence-electron chi connectivity index (χ1n) is 7.26. The van der Waals surface area contributed by atoms with Crippen molar-refractivity contribution in [1.29, 1.82) is 0 Å². The average molecular weight is 281 g/mol. The Morgan fingerprint density at radius 2 is 2.00 bits per heavy atom. The molecule has 0 saturated heterocycles. The number of benzene rings is 1. The number of carbonyl (C=O) groups is 2. The third-order valence-electron chi connectivity index (χ3n) is 4.48. The molecule has 1 aromatic heterocycles. The van der Waals surface area contributed by atoms with Gasteiger partial charge in [-0.15, -0.1) is 0 Å². The molecule has 2 aromatic rings. The molecule has 1 unspecified atom stereocenters. The highest BCUT2D eigenvalue weighted by molar-refractivity contribution is 6.19. The number of hydrogen-bond acceptors (Lipinski definition) is 3. The first kappa shape index (κ1) is 12.4. The van der Waals surface area contributed by atoms with Crippen LogP contribution in [0.15, 0.2) is 46.3 Å². The predicted octanol–water partition coefficient (Wildman–Crippen LogP) is 2.73. The van der Waals surface area contributed by atoms with E-state index in [1.165, 1.54) is 5.56 Å². The van der Waals surface area contributed by atoms with Crippen LogP contribution in [0.5, 0.6) is 0 Å². The highest BCUT2D eigenvalue weighted by Crippen LogP contribution is 2.35. The van der Waals surface area contributed by atoms with E-state index in [0.29, 0.717) is 5.57 Å². The first-order chi connectivity index (χ1) is 10.2. The second kappa shape index (κ2) is 4.58. The van der Waals surface area contributed by atoms with Crippen LogP contribution in [-0.2, 0) is 16.0 Å². The SMILES string of the molecule is O=C1NC(=O)C2=C1CCCC2Cc1ccc2cocc2c1. The van der Waals surface area contributed by atoms with Gasteiger partial charge in [0.1, 0.15) is 0 Å². The molecule has 2 heterocycles. The molecule has 1 aliphatic heterocycles. The van der Waals surface area contributed by atoms with Gasteiger partial charge in [-0.3, -0.25) is 14.9 Å². The summed E-state index contributed by atoms with van der Waals surface area (Å²) in [6, 6.07) is 6.20. The summed E-state index contributed by atoms with van der Waals surface area (Å²) >= 11 is 0. The predicted molar refractivity (Wildman–Crippen MR) is 77.4 cm³/mol. The molecule has 1 aliphatic carbocycles. The van der Waals surface area contributed by atoms with Gasteiger partial charge in [0.15, 0.2) is 0 Å². The van der Waals surface area contributed by atoms with Crippen molar-refractivity contribution in [2.45, 2.75) is 25.7 Å². The van der Waals surface area contributed by atoms with Crippen molar-refractivity contribution in [3.8, 4) is 0 Å². The zero-order valence-electron chi connectivity index (χ0n) is 11.5. The lowest BCUT2D eigenvalue weighted by Crippen LogP contribution is -2.24. The van der Waals surface area contributed by atoms with E-state index in [1.807, 2.05) is 6.07 Å². The maximum Gasteiger partial charge on any atom is 0.254 e. The van der Waals surface area contributed by atoms with Crippen LogP contribution in [0, 0.1) is 5.92 Å². The van der Waals surface area contributed by atoms with E-state index >= 15 is 0 Å². The molecule has 4 nitrogen and oxygen atoms in total. The number of hydrogen-bond donors (Lipinski definition) is 1. The molecule has 1 atom stereocenters. The number of furan rings is 1. The molecular weight excluding hydrogens is 266 g/mol. The largest absolute Gasteiger partial charge is 0.471 e. The normalized spacial score (nSPS) is 21.8. The van der Waals surface area contributed by atoms with E-state index in [2.05, 4.69) is 17.4 Å². The van der Waals surface area contributed by atoms with Crippen molar-refractivity contribution in [1.82, 2.24) is 5.32 Å². The van der Waals surface area contributed by atoms with Gasteiger partial charge in [0.05, 0.1) is 12.5 Å². The van der Waals surface area contributed by atoms with Gasteiger partial charge in [-0.25, -0.2) is 0 Å². The average Bonchev–Trinajstić information content (AvgIpc) is 3.04. The number of amides is 2. The molecule has 1 N–H and O–H groups in total. The molecule has 4 heteroatoms. The molecule has 0 fully saturated rings. The van der Waals surface area contributed by atoms with Crippen LogP contribution in [0.1, 0.15) is 24.8 Å². The minimum atomic E-state index is -0.191. The fraction of sp³-hybridized carbons (Fsp3) is 0.294. The molecule has 0 spiro atoms. The second-order valence-corrected chi connectivity index (χ2v) is 5.80. The van der Waals surface area contributed by atoms with Gasteiger partial charge in [-0.2, -0.15) is 0 Å². The van der Waals surface area contributed by atoms with E-state index < -0.39 is 0 Å². The van der Waals surface area contributed by atoms with Gasteiger partial charge in [0.25, 0.3) is 11.8 Å². The van der Waals surface area contributed by atoms with Crippen molar-refractivity contribution in [3.05, 3.63) is 47.4 Å². The number of rotatable bonds is 2. The second-order valence-electron chi connectivity index (χ2n) is 5.80. The van der Waals surface area contributed by atoms with Crippen LogP contribution in [0.3, 0.4) is 0 Å². The summed E-state index contributed by atoms with van der Waals surface area (Å²) in [6.07, 6.45) is 6.91. The van der Waals surface area contributed by atoms with E-state index in [1.54, 1.807) is 12.5 Å². The number of carbonyl (C=O) groups excluding carboxylic acids is 2. The van der Waals surface area contributed by atoms with Crippen LogP contribution in [0.25, 0.3) is 10.8 Å². The molecular formula is C17H15NO3. The molecule has 2 aliphatic rings. The molecule has 0 radical (unpaired) electrons. The summed E-state index contributed by atoms with van der Waals surface area (Å²) in [5, 5.41) is 4.59. The zero-order chi connectivity index (χ0) is 14.4.